The Hall–Kier alpha value is -1.74. The average Bonchev–Trinajstić information content (AvgIpc) is 2.56. The molecular weight excluding hydrogens is 366 g/mol. The van der Waals surface area contributed by atoms with E-state index in [9.17, 15) is 22.0 Å². The SMILES string of the molecule is CC1C(C(N)S(C)(=O)=O)C(F)(F)C(C)CN1C(=O)OCc1ccccc1. The first-order valence-electron chi connectivity index (χ1n) is 8.25. The first-order chi connectivity index (χ1) is 12.0. The Kier molecular flexibility index (Phi) is 5.92. The Morgan fingerprint density at radius 3 is 2.46 bits per heavy atom. The molecule has 0 radical (unpaired) electrons. The Labute approximate surface area is 152 Å². The first-order valence-corrected chi connectivity index (χ1v) is 10.2. The van der Waals surface area contributed by atoms with Crippen molar-refractivity contribution in [1.29, 1.82) is 0 Å². The molecule has 4 unspecified atom stereocenters. The molecule has 0 bridgehead atoms. The van der Waals surface area contributed by atoms with Gasteiger partial charge in [0.2, 0.25) is 0 Å². The van der Waals surface area contributed by atoms with Gasteiger partial charge in [-0.25, -0.2) is 22.0 Å². The standard InChI is InChI=1S/C17H24F2N2O4S/c1-11-9-21(16(22)25-10-13-7-5-4-6-8-13)12(2)14(17(11,18)19)15(20)26(3,23)24/h4-8,11-12,14-15H,9-10,20H2,1-3H3. The molecule has 4 atom stereocenters. The van der Waals surface area contributed by atoms with Crippen LogP contribution in [0.5, 0.6) is 0 Å². The molecule has 1 fully saturated rings. The highest BCUT2D eigenvalue weighted by Gasteiger charge is 2.58. The van der Waals surface area contributed by atoms with Crippen molar-refractivity contribution in [2.24, 2.45) is 17.6 Å². The average molecular weight is 390 g/mol. The van der Waals surface area contributed by atoms with Crippen molar-refractivity contribution in [3.05, 3.63) is 35.9 Å². The molecule has 0 saturated carbocycles. The molecule has 0 spiro atoms. The zero-order chi connectivity index (χ0) is 19.7. The second kappa shape index (κ2) is 7.48. The normalized spacial score (nSPS) is 27.0. The van der Waals surface area contributed by atoms with Gasteiger partial charge in [0.15, 0.2) is 9.84 Å². The number of piperidine rings is 1. The zero-order valence-corrected chi connectivity index (χ0v) is 15.7. The Balaban J connectivity index is 2.20. The van der Waals surface area contributed by atoms with E-state index in [0.29, 0.717) is 0 Å². The van der Waals surface area contributed by atoms with Crippen molar-refractivity contribution in [2.45, 2.75) is 37.8 Å². The van der Waals surface area contributed by atoms with E-state index in [2.05, 4.69) is 0 Å². The van der Waals surface area contributed by atoms with E-state index < -0.39 is 45.1 Å². The lowest BCUT2D eigenvalue weighted by molar-refractivity contribution is -0.159. The molecule has 0 aliphatic carbocycles. The number of carbonyl (C=O) groups excluding carboxylic acids is 1. The summed E-state index contributed by atoms with van der Waals surface area (Å²) in [6, 6.07) is 7.85. The Morgan fingerprint density at radius 1 is 1.35 bits per heavy atom. The van der Waals surface area contributed by atoms with Crippen molar-refractivity contribution in [3.63, 3.8) is 0 Å². The predicted molar refractivity (Wildman–Crippen MR) is 93.2 cm³/mol. The van der Waals surface area contributed by atoms with Gasteiger partial charge in [0, 0.05) is 24.8 Å². The number of amides is 1. The number of alkyl halides is 2. The number of ether oxygens (including phenoxy) is 1. The predicted octanol–water partition coefficient (Wildman–Crippen LogP) is 2.24. The highest BCUT2D eigenvalue weighted by Crippen LogP contribution is 2.43. The fourth-order valence-electron chi connectivity index (χ4n) is 3.23. The van der Waals surface area contributed by atoms with Gasteiger partial charge in [0.1, 0.15) is 12.0 Å². The number of carbonyl (C=O) groups is 1. The van der Waals surface area contributed by atoms with E-state index in [-0.39, 0.29) is 13.2 Å². The topological polar surface area (TPSA) is 89.7 Å². The van der Waals surface area contributed by atoms with E-state index in [1.54, 1.807) is 24.3 Å². The quantitative estimate of drug-likeness (QED) is 0.852. The van der Waals surface area contributed by atoms with E-state index in [1.165, 1.54) is 13.8 Å². The van der Waals surface area contributed by atoms with Gasteiger partial charge in [0.25, 0.3) is 5.92 Å². The van der Waals surface area contributed by atoms with Crippen molar-refractivity contribution >= 4 is 15.9 Å². The number of nitrogens with zero attached hydrogens (tertiary/aromatic N) is 1. The van der Waals surface area contributed by atoms with Crippen molar-refractivity contribution in [1.82, 2.24) is 4.90 Å². The largest absolute Gasteiger partial charge is 0.445 e. The lowest BCUT2D eigenvalue weighted by atomic mass is 9.80. The van der Waals surface area contributed by atoms with Crippen molar-refractivity contribution < 1.29 is 26.7 Å². The highest BCUT2D eigenvalue weighted by molar-refractivity contribution is 7.91. The maximum Gasteiger partial charge on any atom is 0.410 e. The van der Waals surface area contributed by atoms with Crippen LogP contribution in [0.15, 0.2) is 30.3 Å². The van der Waals surface area contributed by atoms with Gasteiger partial charge in [-0.2, -0.15) is 0 Å². The van der Waals surface area contributed by atoms with Crippen LogP contribution in [-0.2, 0) is 21.2 Å². The maximum absolute atomic E-state index is 14.7. The van der Waals surface area contributed by atoms with Gasteiger partial charge < -0.3 is 15.4 Å². The molecule has 26 heavy (non-hydrogen) atoms. The van der Waals surface area contributed by atoms with Gasteiger partial charge in [-0.1, -0.05) is 37.3 Å². The summed E-state index contributed by atoms with van der Waals surface area (Å²) >= 11 is 0. The Morgan fingerprint density at radius 2 is 1.92 bits per heavy atom. The second-order valence-electron chi connectivity index (χ2n) is 6.83. The van der Waals surface area contributed by atoms with Crippen LogP contribution in [0.2, 0.25) is 0 Å². The summed E-state index contributed by atoms with van der Waals surface area (Å²) in [5, 5.41) is -1.78. The van der Waals surface area contributed by atoms with Gasteiger partial charge in [-0.15, -0.1) is 0 Å². The number of nitrogens with two attached hydrogens (primary N) is 1. The minimum Gasteiger partial charge on any atom is -0.445 e. The summed E-state index contributed by atoms with van der Waals surface area (Å²) in [6.07, 6.45) is 0.0482. The van der Waals surface area contributed by atoms with Crippen LogP contribution in [0.1, 0.15) is 19.4 Å². The molecule has 0 aromatic heterocycles. The molecule has 146 valence electrons. The van der Waals surface area contributed by atoms with E-state index in [1.807, 2.05) is 6.07 Å². The maximum atomic E-state index is 14.7. The number of benzene rings is 1. The fourth-order valence-corrected chi connectivity index (χ4v) is 4.17. The summed E-state index contributed by atoms with van der Waals surface area (Å²) in [5.74, 6) is -6.29. The number of hydrogen-bond acceptors (Lipinski definition) is 5. The summed E-state index contributed by atoms with van der Waals surface area (Å²) in [6.45, 7) is 2.40. The number of hydrogen-bond donors (Lipinski definition) is 1. The van der Waals surface area contributed by atoms with E-state index >= 15 is 0 Å². The summed E-state index contributed by atoms with van der Waals surface area (Å²) in [5.41, 5.74) is 6.39. The van der Waals surface area contributed by atoms with Crippen LogP contribution >= 0.6 is 0 Å². The van der Waals surface area contributed by atoms with Crippen molar-refractivity contribution in [3.8, 4) is 0 Å². The molecule has 1 aliphatic rings. The minimum atomic E-state index is -3.92. The van der Waals surface area contributed by atoms with E-state index in [4.69, 9.17) is 10.5 Å². The Bertz CT molecular complexity index is 742. The monoisotopic (exact) mass is 390 g/mol. The van der Waals surface area contributed by atoms with E-state index in [0.717, 1.165) is 16.7 Å². The molecule has 6 nitrogen and oxygen atoms in total. The van der Waals surface area contributed by atoms with Gasteiger partial charge in [0.05, 0.1) is 5.92 Å². The third-order valence-corrected chi connectivity index (χ3v) is 6.15. The second-order valence-corrected chi connectivity index (χ2v) is 9.03. The molecule has 1 aliphatic heterocycles. The molecule has 1 aromatic rings. The molecule has 2 rings (SSSR count). The minimum absolute atomic E-state index is 0.00351. The smallest absolute Gasteiger partial charge is 0.410 e. The molecular formula is C17H24F2N2O4S. The van der Waals surface area contributed by atoms with Gasteiger partial charge in [-0.3, -0.25) is 0 Å². The van der Waals surface area contributed by atoms with Crippen LogP contribution in [0.3, 0.4) is 0 Å². The van der Waals surface area contributed by atoms with Crippen molar-refractivity contribution in [2.75, 3.05) is 12.8 Å². The van der Waals surface area contributed by atoms with Crippen LogP contribution < -0.4 is 5.73 Å². The van der Waals surface area contributed by atoms with Crippen LogP contribution in [0.4, 0.5) is 13.6 Å². The van der Waals surface area contributed by atoms with Gasteiger partial charge >= 0.3 is 6.09 Å². The number of likely N-dealkylation sites (tertiary alicyclic amines) is 1. The summed E-state index contributed by atoms with van der Waals surface area (Å²) < 4.78 is 58.1. The highest BCUT2D eigenvalue weighted by atomic mass is 32.2. The zero-order valence-electron chi connectivity index (χ0n) is 14.9. The lowest BCUT2D eigenvalue weighted by Gasteiger charge is -2.47. The lowest BCUT2D eigenvalue weighted by Crippen LogP contribution is -2.64. The molecule has 1 heterocycles. The van der Waals surface area contributed by atoms with Crippen LogP contribution in [-0.4, -0.2) is 49.5 Å². The third-order valence-electron chi connectivity index (χ3n) is 4.87. The summed E-state index contributed by atoms with van der Waals surface area (Å²) in [4.78, 5) is 13.6. The first kappa shape index (κ1) is 20.6. The van der Waals surface area contributed by atoms with Gasteiger partial charge in [-0.05, 0) is 12.5 Å². The number of rotatable bonds is 4. The molecule has 1 amide bonds. The van der Waals surface area contributed by atoms with Crippen LogP contribution in [0, 0.1) is 11.8 Å². The molecule has 9 heteroatoms. The number of halogens is 2. The fraction of sp³-hybridized carbons (Fsp3) is 0.588. The summed E-state index contributed by atoms with van der Waals surface area (Å²) in [7, 11) is -3.92. The third kappa shape index (κ3) is 4.15. The molecule has 2 N–H and O–H groups in total. The number of sulfone groups is 1. The van der Waals surface area contributed by atoms with Crippen LogP contribution in [0.25, 0.3) is 0 Å². The molecule has 1 aromatic carbocycles. The molecule has 1 saturated heterocycles.